The van der Waals surface area contributed by atoms with Crippen molar-refractivity contribution in [1.29, 1.82) is 0 Å². The summed E-state index contributed by atoms with van der Waals surface area (Å²) in [5.74, 6) is -2.11. The van der Waals surface area contributed by atoms with Crippen LogP contribution in [0.4, 0.5) is 0 Å². The number of rotatable bonds is 9. The molecule has 1 heterocycles. The number of ether oxygens (including phenoxy) is 4. The van der Waals surface area contributed by atoms with Crippen LogP contribution in [-0.4, -0.2) is 59.5 Å². The van der Waals surface area contributed by atoms with Crippen molar-refractivity contribution in [3.63, 3.8) is 0 Å². The summed E-state index contributed by atoms with van der Waals surface area (Å²) >= 11 is 1.24. The van der Waals surface area contributed by atoms with Gasteiger partial charge < -0.3 is 24.1 Å². The van der Waals surface area contributed by atoms with E-state index in [1.165, 1.54) is 11.8 Å². The number of aliphatic hydroxyl groups excluding tert-OH is 1. The number of benzene rings is 4. The van der Waals surface area contributed by atoms with Crippen LogP contribution in [-0.2, 0) is 18.9 Å². The average Bonchev–Trinajstić information content (AvgIpc) is 3.05. The second kappa shape index (κ2) is 14.2. The van der Waals surface area contributed by atoms with Crippen molar-refractivity contribution < 1.29 is 38.4 Å². The number of carbonyl (C=O) groups is 3. The minimum absolute atomic E-state index is 0.249. The smallest absolute Gasteiger partial charge is 0.338 e. The Labute approximate surface area is 253 Å². The van der Waals surface area contributed by atoms with E-state index >= 15 is 0 Å². The quantitative estimate of drug-likeness (QED) is 0.198. The van der Waals surface area contributed by atoms with Crippen molar-refractivity contribution in [1.82, 2.24) is 0 Å². The highest BCUT2D eigenvalue weighted by Gasteiger charge is 2.52. The Morgan fingerprint density at radius 2 is 1.05 bits per heavy atom. The van der Waals surface area contributed by atoms with Gasteiger partial charge in [0, 0.05) is 4.90 Å². The molecule has 1 unspecified atom stereocenters. The third kappa shape index (κ3) is 7.50. The van der Waals surface area contributed by atoms with Crippen LogP contribution in [0.1, 0.15) is 36.6 Å². The predicted octanol–water partition coefficient (Wildman–Crippen LogP) is 5.48. The van der Waals surface area contributed by atoms with Crippen LogP contribution in [0, 0.1) is 6.92 Å². The van der Waals surface area contributed by atoms with Gasteiger partial charge in [-0.05, 0) is 55.5 Å². The number of hydrogen-bond acceptors (Lipinski definition) is 9. The van der Waals surface area contributed by atoms with Crippen molar-refractivity contribution in [2.24, 2.45) is 0 Å². The molecule has 8 nitrogen and oxygen atoms in total. The molecule has 0 bridgehead atoms. The summed E-state index contributed by atoms with van der Waals surface area (Å²) in [4.78, 5) is 40.8. The van der Waals surface area contributed by atoms with Crippen LogP contribution in [0.3, 0.4) is 0 Å². The Morgan fingerprint density at radius 1 is 0.628 bits per heavy atom. The number of aryl methyl sites for hydroxylation is 1. The first-order valence-electron chi connectivity index (χ1n) is 13.7. The van der Waals surface area contributed by atoms with Gasteiger partial charge in [-0.2, -0.15) is 0 Å². The Hall–Kier alpha value is -4.44. The summed E-state index contributed by atoms with van der Waals surface area (Å²) < 4.78 is 24.1. The van der Waals surface area contributed by atoms with Gasteiger partial charge in [-0.15, -0.1) is 0 Å². The van der Waals surface area contributed by atoms with Gasteiger partial charge in [0.15, 0.2) is 18.3 Å². The fraction of sp³-hybridized carbons (Fsp3) is 0.206. The topological polar surface area (TPSA) is 108 Å². The molecule has 1 saturated heterocycles. The molecule has 5 atom stereocenters. The summed E-state index contributed by atoms with van der Waals surface area (Å²) in [6.45, 7) is 1.40. The molecule has 43 heavy (non-hydrogen) atoms. The molecule has 0 radical (unpaired) electrons. The number of thioether (sulfide) groups is 1. The molecule has 0 spiro atoms. The van der Waals surface area contributed by atoms with Gasteiger partial charge in [0.2, 0.25) is 0 Å². The normalized spacial score (nSPS) is 21.4. The molecule has 1 aliphatic heterocycles. The van der Waals surface area contributed by atoms with E-state index in [-0.39, 0.29) is 16.7 Å². The van der Waals surface area contributed by atoms with Gasteiger partial charge >= 0.3 is 17.9 Å². The third-order valence-corrected chi connectivity index (χ3v) is 7.96. The highest BCUT2D eigenvalue weighted by atomic mass is 32.2. The summed E-state index contributed by atoms with van der Waals surface area (Å²) in [5, 5.41) is 10.4. The van der Waals surface area contributed by atoms with Crippen molar-refractivity contribution in [2.75, 3.05) is 6.61 Å². The van der Waals surface area contributed by atoms with Gasteiger partial charge in [-0.3, -0.25) is 0 Å². The maximum atomic E-state index is 13.4. The van der Waals surface area contributed by atoms with Gasteiger partial charge in [0.25, 0.3) is 0 Å². The second-order valence-corrected chi connectivity index (χ2v) is 11.0. The highest BCUT2D eigenvalue weighted by molar-refractivity contribution is 7.99. The van der Waals surface area contributed by atoms with Crippen LogP contribution in [0.25, 0.3) is 0 Å². The highest BCUT2D eigenvalue weighted by Crippen LogP contribution is 2.38. The lowest BCUT2D eigenvalue weighted by atomic mass is 9.98. The van der Waals surface area contributed by atoms with Gasteiger partial charge in [0.1, 0.15) is 11.5 Å². The lowest BCUT2D eigenvalue weighted by molar-refractivity contribution is -0.207. The average molecular weight is 599 g/mol. The molecule has 1 fully saturated rings. The molecular formula is C34H30O8S. The van der Waals surface area contributed by atoms with Crippen molar-refractivity contribution in [2.45, 2.75) is 41.7 Å². The van der Waals surface area contributed by atoms with Crippen LogP contribution in [0.2, 0.25) is 0 Å². The van der Waals surface area contributed by atoms with Crippen LogP contribution >= 0.6 is 11.8 Å². The first-order chi connectivity index (χ1) is 20.9. The van der Waals surface area contributed by atoms with E-state index in [2.05, 4.69) is 0 Å². The van der Waals surface area contributed by atoms with Crippen molar-refractivity contribution in [3.05, 3.63) is 138 Å². The Morgan fingerprint density at radius 3 is 1.49 bits per heavy atom. The van der Waals surface area contributed by atoms with Crippen molar-refractivity contribution >= 4 is 29.7 Å². The first kappa shape index (κ1) is 30.0. The zero-order valence-electron chi connectivity index (χ0n) is 23.3. The zero-order chi connectivity index (χ0) is 30.2. The van der Waals surface area contributed by atoms with E-state index in [1.807, 2.05) is 31.2 Å². The summed E-state index contributed by atoms with van der Waals surface area (Å²) in [7, 11) is 0. The third-order valence-electron chi connectivity index (χ3n) is 6.80. The van der Waals surface area contributed by atoms with Gasteiger partial charge in [0.05, 0.1) is 23.3 Å². The summed E-state index contributed by atoms with van der Waals surface area (Å²) in [5.41, 5.74) is 0.890. The Balaban J connectivity index is 1.54. The molecule has 4 aromatic carbocycles. The molecule has 0 aromatic heterocycles. The molecule has 0 saturated carbocycles. The molecule has 1 aliphatic rings. The Kier molecular flexibility index (Phi) is 9.88. The van der Waals surface area contributed by atoms with Gasteiger partial charge in [-0.25, -0.2) is 14.4 Å². The molecular weight excluding hydrogens is 568 g/mol. The lowest BCUT2D eigenvalue weighted by Gasteiger charge is -2.44. The fourth-order valence-corrected chi connectivity index (χ4v) is 5.67. The van der Waals surface area contributed by atoms with E-state index in [0.29, 0.717) is 0 Å². The predicted molar refractivity (Wildman–Crippen MR) is 160 cm³/mol. The van der Waals surface area contributed by atoms with Crippen molar-refractivity contribution in [3.8, 4) is 0 Å². The Bertz CT molecular complexity index is 1510. The molecule has 4 aromatic rings. The number of carbonyl (C=O) groups excluding carboxylic acids is 3. The monoisotopic (exact) mass is 598 g/mol. The van der Waals surface area contributed by atoms with Crippen LogP contribution in [0.5, 0.6) is 0 Å². The van der Waals surface area contributed by atoms with E-state index in [1.54, 1.807) is 91.0 Å². The minimum atomic E-state index is -1.33. The number of aliphatic hydroxyl groups is 1. The van der Waals surface area contributed by atoms with E-state index in [0.717, 1.165) is 10.5 Å². The lowest BCUT2D eigenvalue weighted by Crippen LogP contribution is -2.61. The maximum Gasteiger partial charge on any atom is 0.338 e. The standard InChI is InChI=1S/C34H30O8S/c1-22-17-19-26(20-18-22)43-34-30(42-33(38)25-15-9-4-10-16-25)29(41-32(37)24-13-7-3-8-14-24)28(27(21-35)39-34)40-31(36)23-11-5-2-6-12-23/h2-20,27-30,34-35H,21H2,1H3/t27-,28+,29+,30-,34?/m1/s1. The van der Waals surface area contributed by atoms with Crippen LogP contribution < -0.4 is 0 Å². The number of esters is 3. The summed E-state index contributed by atoms with van der Waals surface area (Å²) in [6.07, 6.45) is -4.98. The minimum Gasteiger partial charge on any atom is -0.452 e. The van der Waals surface area contributed by atoms with Gasteiger partial charge in [-0.1, -0.05) is 84.1 Å². The second-order valence-electron chi connectivity index (χ2n) is 9.86. The molecule has 5 rings (SSSR count). The summed E-state index contributed by atoms with van der Waals surface area (Å²) in [6, 6.07) is 32.6. The van der Waals surface area contributed by atoms with E-state index < -0.39 is 54.4 Å². The number of hydrogen-bond donors (Lipinski definition) is 1. The molecule has 9 heteroatoms. The molecule has 1 N–H and O–H groups in total. The van der Waals surface area contributed by atoms with E-state index in [9.17, 15) is 19.5 Å². The van der Waals surface area contributed by atoms with E-state index in [4.69, 9.17) is 18.9 Å². The maximum absolute atomic E-state index is 13.4. The zero-order valence-corrected chi connectivity index (χ0v) is 24.1. The first-order valence-corrected chi connectivity index (χ1v) is 14.6. The molecule has 220 valence electrons. The SMILES string of the molecule is Cc1ccc(SC2O[C@H](CO)[C@H](OC(=O)c3ccccc3)[C@H](OC(=O)c3ccccc3)[C@H]2OC(=O)c2ccccc2)cc1. The molecule has 0 aliphatic carbocycles. The van der Waals surface area contributed by atoms with Crippen LogP contribution in [0.15, 0.2) is 120 Å². The molecule has 0 amide bonds. The largest absolute Gasteiger partial charge is 0.452 e. The fourth-order valence-electron chi connectivity index (χ4n) is 4.57.